The summed E-state index contributed by atoms with van der Waals surface area (Å²) in [5.41, 5.74) is 0.858. The molecule has 1 fully saturated rings. The van der Waals surface area contributed by atoms with Crippen LogP contribution in [0.15, 0.2) is 21.9 Å². The summed E-state index contributed by atoms with van der Waals surface area (Å²) in [6, 6.07) is 1.94. The molecule has 1 unspecified atom stereocenters. The van der Waals surface area contributed by atoms with E-state index < -0.39 is 5.69 Å². The number of rotatable bonds is 5. The van der Waals surface area contributed by atoms with E-state index in [0.29, 0.717) is 36.9 Å². The fourth-order valence-electron chi connectivity index (χ4n) is 2.78. The molecule has 3 rings (SSSR count). The van der Waals surface area contributed by atoms with Crippen LogP contribution in [0.1, 0.15) is 29.4 Å². The number of aryl methyl sites for hydroxylation is 1. The average Bonchev–Trinajstić information content (AvgIpc) is 3.09. The molecule has 0 saturated carbocycles. The van der Waals surface area contributed by atoms with Crippen molar-refractivity contribution < 1.29 is 4.74 Å². The Morgan fingerprint density at radius 2 is 2.25 bits per heavy atom. The zero-order chi connectivity index (χ0) is 17.1. The molecule has 1 aliphatic rings. The molecule has 0 radical (unpaired) electrons. The van der Waals surface area contributed by atoms with Gasteiger partial charge in [0.2, 0.25) is 0 Å². The van der Waals surface area contributed by atoms with Crippen molar-refractivity contribution in [1.29, 1.82) is 0 Å². The van der Waals surface area contributed by atoms with Gasteiger partial charge in [0.05, 0.1) is 12.3 Å². The maximum atomic E-state index is 12.0. The van der Waals surface area contributed by atoms with E-state index in [0.717, 1.165) is 29.1 Å². The highest BCUT2D eigenvalue weighted by Crippen LogP contribution is 2.24. The van der Waals surface area contributed by atoms with Crippen molar-refractivity contribution in [3.8, 4) is 0 Å². The third-order valence-corrected chi connectivity index (χ3v) is 4.16. The molecule has 0 bridgehead atoms. The summed E-state index contributed by atoms with van der Waals surface area (Å²) in [6.45, 7) is 3.87. The number of aromatic amines is 1. The van der Waals surface area contributed by atoms with Gasteiger partial charge in [-0.15, -0.1) is 0 Å². The second kappa shape index (κ2) is 6.96. The molecule has 8 nitrogen and oxygen atoms in total. The quantitative estimate of drug-likeness (QED) is 0.819. The predicted molar refractivity (Wildman–Crippen MR) is 89.4 cm³/mol. The third-order valence-electron chi connectivity index (χ3n) is 4.16. The predicted octanol–water partition coefficient (Wildman–Crippen LogP) is 0.331. The van der Waals surface area contributed by atoms with Crippen LogP contribution in [0, 0.1) is 6.92 Å². The van der Waals surface area contributed by atoms with Crippen molar-refractivity contribution in [2.24, 2.45) is 7.05 Å². The summed E-state index contributed by atoms with van der Waals surface area (Å²) in [5.74, 6) is 1.77. The SMILES string of the molecule is Cc1nc(NCCc2c[nH]c(=O)n(C)c2=O)cc(C2CCOC2)n1. The summed E-state index contributed by atoms with van der Waals surface area (Å²) in [4.78, 5) is 34.8. The van der Waals surface area contributed by atoms with E-state index >= 15 is 0 Å². The Morgan fingerprint density at radius 3 is 3.00 bits per heavy atom. The van der Waals surface area contributed by atoms with Crippen LogP contribution < -0.4 is 16.6 Å². The first-order valence-corrected chi connectivity index (χ1v) is 7.99. The Bertz CT molecular complexity index is 836. The van der Waals surface area contributed by atoms with Gasteiger partial charge in [0.15, 0.2) is 0 Å². The lowest BCUT2D eigenvalue weighted by molar-refractivity contribution is 0.193. The molecule has 0 aliphatic carbocycles. The van der Waals surface area contributed by atoms with Crippen molar-refractivity contribution in [2.45, 2.75) is 25.7 Å². The molecule has 1 saturated heterocycles. The number of hydrogen-bond donors (Lipinski definition) is 2. The Balaban J connectivity index is 1.68. The maximum Gasteiger partial charge on any atom is 0.328 e. The van der Waals surface area contributed by atoms with Crippen molar-refractivity contribution in [3.05, 3.63) is 50.2 Å². The summed E-state index contributed by atoms with van der Waals surface area (Å²) in [5, 5.41) is 3.23. The minimum Gasteiger partial charge on any atom is -0.381 e. The summed E-state index contributed by atoms with van der Waals surface area (Å²) < 4.78 is 6.49. The van der Waals surface area contributed by atoms with Gasteiger partial charge in [0.1, 0.15) is 11.6 Å². The van der Waals surface area contributed by atoms with E-state index in [1.165, 1.54) is 13.2 Å². The molecule has 2 N–H and O–H groups in total. The van der Waals surface area contributed by atoms with Gasteiger partial charge < -0.3 is 15.0 Å². The van der Waals surface area contributed by atoms with Crippen LogP contribution in [0.25, 0.3) is 0 Å². The number of nitrogens with one attached hydrogen (secondary N) is 2. The van der Waals surface area contributed by atoms with Crippen molar-refractivity contribution in [1.82, 2.24) is 19.5 Å². The van der Waals surface area contributed by atoms with Crippen LogP contribution in [0.3, 0.4) is 0 Å². The topological polar surface area (TPSA) is 102 Å². The molecule has 8 heteroatoms. The Hall–Kier alpha value is -2.48. The Kier molecular flexibility index (Phi) is 4.75. The van der Waals surface area contributed by atoms with Gasteiger partial charge in [0.25, 0.3) is 5.56 Å². The van der Waals surface area contributed by atoms with Gasteiger partial charge in [-0.25, -0.2) is 14.8 Å². The fraction of sp³-hybridized carbons (Fsp3) is 0.500. The number of hydrogen-bond acceptors (Lipinski definition) is 6. The second-order valence-corrected chi connectivity index (χ2v) is 5.95. The highest BCUT2D eigenvalue weighted by Gasteiger charge is 2.20. The zero-order valence-electron chi connectivity index (χ0n) is 13.8. The lowest BCUT2D eigenvalue weighted by atomic mass is 10.0. The van der Waals surface area contributed by atoms with Crippen LogP contribution >= 0.6 is 0 Å². The van der Waals surface area contributed by atoms with Gasteiger partial charge in [-0.1, -0.05) is 0 Å². The van der Waals surface area contributed by atoms with Crippen molar-refractivity contribution in [2.75, 3.05) is 25.1 Å². The van der Waals surface area contributed by atoms with Gasteiger partial charge in [-0.3, -0.25) is 9.36 Å². The summed E-state index contributed by atoms with van der Waals surface area (Å²) in [7, 11) is 1.46. The first-order valence-electron chi connectivity index (χ1n) is 7.99. The summed E-state index contributed by atoms with van der Waals surface area (Å²) in [6.07, 6.45) is 2.94. The minimum absolute atomic E-state index is 0.275. The molecule has 24 heavy (non-hydrogen) atoms. The number of nitrogens with zero attached hydrogens (tertiary/aromatic N) is 3. The number of anilines is 1. The van der Waals surface area contributed by atoms with Crippen LogP contribution in [-0.2, 0) is 18.2 Å². The second-order valence-electron chi connectivity index (χ2n) is 5.95. The Labute approximate surface area is 138 Å². The molecule has 0 spiro atoms. The van der Waals surface area contributed by atoms with E-state index in [-0.39, 0.29) is 5.56 Å². The first kappa shape index (κ1) is 16.4. The minimum atomic E-state index is -0.411. The first-order chi connectivity index (χ1) is 11.5. The lowest BCUT2D eigenvalue weighted by Crippen LogP contribution is -2.34. The monoisotopic (exact) mass is 331 g/mol. The largest absolute Gasteiger partial charge is 0.381 e. The standard InChI is InChI=1S/C16H21N5O3/c1-10-19-13(12-4-6-24-9-12)7-14(20-10)17-5-3-11-8-18-16(23)21(2)15(11)22/h7-8,12H,3-6,9H2,1-2H3,(H,18,23)(H,17,19,20). The molecule has 3 heterocycles. The molecular weight excluding hydrogens is 310 g/mol. The highest BCUT2D eigenvalue weighted by atomic mass is 16.5. The molecule has 2 aromatic heterocycles. The van der Waals surface area contributed by atoms with Crippen LogP contribution in [0.2, 0.25) is 0 Å². The van der Waals surface area contributed by atoms with E-state index in [1.54, 1.807) is 0 Å². The molecule has 0 amide bonds. The highest BCUT2D eigenvalue weighted by molar-refractivity contribution is 5.37. The number of ether oxygens (including phenoxy) is 1. The maximum absolute atomic E-state index is 12.0. The van der Waals surface area contributed by atoms with Crippen LogP contribution in [-0.4, -0.2) is 39.3 Å². The van der Waals surface area contributed by atoms with Crippen LogP contribution in [0.4, 0.5) is 5.82 Å². The van der Waals surface area contributed by atoms with Crippen molar-refractivity contribution in [3.63, 3.8) is 0 Å². The molecule has 2 aromatic rings. The van der Waals surface area contributed by atoms with Gasteiger partial charge in [0, 0.05) is 43.9 Å². The summed E-state index contributed by atoms with van der Waals surface area (Å²) >= 11 is 0. The van der Waals surface area contributed by atoms with E-state index in [2.05, 4.69) is 20.3 Å². The molecule has 0 aromatic carbocycles. The molecule has 128 valence electrons. The third kappa shape index (κ3) is 3.53. The Morgan fingerprint density at radius 1 is 1.42 bits per heavy atom. The van der Waals surface area contributed by atoms with Gasteiger partial charge in [-0.05, 0) is 19.8 Å². The van der Waals surface area contributed by atoms with E-state index in [9.17, 15) is 9.59 Å². The lowest BCUT2D eigenvalue weighted by Gasteiger charge is -2.11. The van der Waals surface area contributed by atoms with E-state index in [1.807, 2.05) is 13.0 Å². The van der Waals surface area contributed by atoms with Gasteiger partial charge in [-0.2, -0.15) is 0 Å². The van der Waals surface area contributed by atoms with Crippen molar-refractivity contribution >= 4 is 5.82 Å². The molecule has 1 aliphatic heterocycles. The van der Waals surface area contributed by atoms with E-state index in [4.69, 9.17) is 4.74 Å². The molecule has 1 atom stereocenters. The molecular formula is C16H21N5O3. The smallest absolute Gasteiger partial charge is 0.328 e. The van der Waals surface area contributed by atoms with Gasteiger partial charge >= 0.3 is 5.69 Å². The number of H-pyrrole nitrogens is 1. The fourth-order valence-corrected chi connectivity index (χ4v) is 2.78. The normalized spacial score (nSPS) is 17.2. The zero-order valence-corrected chi connectivity index (χ0v) is 13.8. The van der Waals surface area contributed by atoms with Crippen LogP contribution in [0.5, 0.6) is 0 Å². The average molecular weight is 331 g/mol. The number of aromatic nitrogens is 4.